The Balaban J connectivity index is 1.70. The normalized spacial score (nSPS) is 15.8. The molecule has 0 spiro atoms. The summed E-state index contributed by atoms with van der Waals surface area (Å²) in [6.07, 6.45) is 4.15. The highest BCUT2D eigenvalue weighted by atomic mass is 35.5. The molecule has 0 saturated heterocycles. The first kappa shape index (κ1) is 22.6. The van der Waals surface area contributed by atoms with E-state index in [2.05, 4.69) is 5.32 Å². The largest absolute Gasteiger partial charge is 0.492 e. The predicted molar refractivity (Wildman–Crippen MR) is 118 cm³/mol. The van der Waals surface area contributed by atoms with Crippen molar-refractivity contribution in [3.8, 4) is 5.75 Å². The lowest BCUT2D eigenvalue weighted by molar-refractivity contribution is -0.121. The molecule has 1 fully saturated rings. The number of amides is 1. The van der Waals surface area contributed by atoms with Gasteiger partial charge in [-0.05, 0) is 62.6 Å². The van der Waals surface area contributed by atoms with Gasteiger partial charge < -0.3 is 14.8 Å². The van der Waals surface area contributed by atoms with E-state index >= 15 is 0 Å². The summed E-state index contributed by atoms with van der Waals surface area (Å²) < 4.78 is 24.5. The molecule has 30 heavy (non-hydrogen) atoms. The van der Waals surface area contributed by atoms with Crippen LogP contribution in [0, 0.1) is 5.82 Å². The number of halogens is 2. The number of rotatable bonds is 8. The molecule has 0 radical (unpaired) electrons. The summed E-state index contributed by atoms with van der Waals surface area (Å²) in [7, 11) is 1.67. The average molecular weight is 434 g/mol. The first-order valence-corrected chi connectivity index (χ1v) is 10.7. The molecule has 2 aromatic carbocycles. The summed E-state index contributed by atoms with van der Waals surface area (Å²) in [5.74, 6) is 0.178. The fourth-order valence-electron chi connectivity index (χ4n) is 3.85. The van der Waals surface area contributed by atoms with Gasteiger partial charge in [-0.2, -0.15) is 0 Å². The number of anilines is 1. The molecule has 162 valence electrons. The Bertz CT molecular complexity index is 877. The lowest BCUT2D eigenvalue weighted by Gasteiger charge is -2.28. The lowest BCUT2D eigenvalue weighted by atomic mass is 9.78. The Kier molecular flexibility index (Phi) is 7.04. The van der Waals surface area contributed by atoms with Crippen molar-refractivity contribution in [1.29, 1.82) is 0 Å². The number of ether oxygens (including phenoxy) is 2. The van der Waals surface area contributed by atoms with E-state index in [0.29, 0.717) is 23.1 Å². The van der Waals surface area contributed by atoms with E-state index in [0.717, 1.165) is 37.7 Å². The smallest absolute Gasteiger partial charge is 0.235 e. The van der Waals surface area contributed by atoms with Gasteiger partial charge in [-0.1, -0.05) is 36.6 Å². The van der Waals surface area contributed by atoms with Gasteiger partial charge in [-0.15, -0.1) is 0 Å². The predicted octanol–water partition coefficient (Wildman–Crippen LogP) is 6.12. The van der Waals surface area contributed by atoms with Crippen LogP contribution in [0.25, 0.3) is 0 Å². The summed E-state index contributed by atoms with van der Waals surface area (Å²) in [6, 6.07) is 11.5. The lowest BCUT2D eigenvalue weighted by Crippen LogP contribution is -2.38. The molecule has 1 saturated carbocycles. The van der Waals surface area contributed by atoms with E-state index in [-0.39, 0.29) is 17.3 Å². The van der Waals surface area contributed by atoms with Gasteiger partial charge in [-0.25, -0.2) is 4.39 Å². The first-order valence-electron chi connectivity index (χ1n) is 10.3. The highest BCUT2D eigenvalue weighted by molar-refractivity contribution is 6.32. The maximum absolute atomic E-state index is 13.4. The zero-order valence-electron chi connectivity index (χ0n) is 17.8. The first-order chi connectivity index (χ1) is 14.3. The molecule has 3 rings (SSSR count). The zero-order valence-corrected chi connectivity index (χ0v) is 18.5. The number of benzene rings is 2. The van der Waals surface area contributed by atoms with Gasteiger partial charge >= 0.3 is 0 Å². The van der Waals surface area contributed by atoms with Crippen molar-refractivity contribution in [1.82, 2.24) is 0 Å². The number of hydrogen-bond donors (Lipinski definition) is 1. The summed E-state index contributed by atoms with van der Waals surface area (Å²) in [6.45, 7) is 4.47. The Labute approximate surface area is 182 Å². The van der Waals surface area contributed by atoms with Crippen molar-refractivity contribution >= 4 is 23.2 Å². The maximum Gasteiger partial charge on any atom is 0.235 e. The van der Waals surface area contributed by atoms with Crippen molar-refractivity contribution in [2.24, 2.45) is 0 Å². The van der Waals surface area contributed by atoms with Crippen LogP contribution in [0.5, 0.6) is 5.75 Å². The molecule has 1 aliphatic carbocycles. The van der Waals surface area contributed by atoms with E-state index in [1.165, 1.54) is 12.1 Å². The molecular weight excluding hydrogens is 405 g/mol. The molecule has 0 aromatic heterocycles. The third-order valence-electron chi connectivity index (χ3n) is 5.99. The molecule has 0 unspecified atom stereocenters. The average Bonchev–Trinajstić information content (AvgIpc) is 3.21. The second kappa shape index (κ2) is 9.36. The topological polar surface area (TPSA) is 47.6 Å². The van der Waals surface area contributed by atoms with Gasteiger partial charge in [-0.3, -0.25) is 4.79 Å². The Morgan fingerprint density at radius 2 is 1.83 bits per heavy atom. The monoisotopic (exact) mass is 433 g/mol. The van der Waals surface area contributed by atoms with E-state index in [1.807, 2.05) is 13.8 Å². The summed E-state index contributed by atoms with van der Waals surface area (Å²) in [5, 5.41) is 3.44. The second-order valence-corrected chi connectivity index (χ2v) is 8.86. The molecule has 0 bridgehead atoms. The molecule has 0 aliphatic heterocycles. The Morgan fingerprint density at radius 1 is 1.17 bits per heavy atom. The van der Waals surface area contributed by atoms with Gasteiger partial charge in [0.05, 0.1) is 22.6 Å². The molecule has 1 aliphatic rings. The number of carbonyl (C=O) groups excluding carboxylic acids is 1. The molecule has 1 amide bonds. The van der Waals surface area contributed by atoms with Crippen LogP contribution >= 0.6 is 11.6 Å². The molecule has 4 nitrogen and oxygen atoms in total. The van der Waals surface area contributed by atoms with Crippen molar-refractivity contribution < 1.29 is 18.7 Å². The molecule has 2 aromatic rings. The Morgan fingerprint density at radius 3 is 2.43 bits per heavy atom. The molecular formula is C24H29ClFNO3. The molecule has 6 heteroatoms. The van der Waals surface area contributed by atoms with Gasteiger partial charge in [0.25, 0.3) is 0 Å². The Hall–Kier alpha value is -2.11. The van der Waals surface area contributed by atoms with Crippen LogP contribution in [0.1, 0.15) is 51.5 Å². The van der Waals surface area contributed by atoms with Gasteiger partial charge in [0.1, 0.15) is 11.6 Å². The molecule has 0 atom stereocenters. The second-order valence-electron chi connectivity index (χ2n) is 8.46. The van der Waals surface area contributed by atoms with Gasteiger partial charge in [0.2, 0.25) is 5.91 Å². The van der Waals surface area contributed by atoms with E-state index in [9.17, 15) is 9.18 Å². The van der Waals surface area contributed by atoms with Crippen molar-refractivity contribution in [3.05, 3.63) is 58.9 Å². The van der Waals surface area contributed by atoms with Crippen LogP contribution < -0.4 is 10.1 Å². The summed E-state index contributed by atoms with van der Waals surface area (Å²) in [5.41, 5.74) is 0.561. The SMILES string of the molecule is COC(C)(C)CCOc1ccc(NC(=O)C2(c3ccc(F)cc3)CCCC2)cc1Cl. The van der Waals surface area contributed by atoms with Crippen LogP contribution in [0.3, 0.4) is 0 Å². The minimum Gasteiger partial charge on any atom is -0.492 e. The number of hydrogen-bond acceptors (Lipinski definition) is 3. The minimum atomic E-state index is -0.638. The van der Waals surface area contributed by atoms with Crippen molar-refractivity contribution in [2.45, 2.75) is 57.0 Å². The quantitative estimate of drug-likeness (QED) is 0.545. The van der Waals surface area contributed by atoms with E-state index in [4.69, 9.17) is 21.1 Å². The number of carbonyl (C=O) groups is 1. The number of methoxy groups -OCH3 is 1. The van der Waals surface area contributed by atoms with E-state index in [1.54, 1.807) is 37.4 Å². The third kappa shape index (κ3) is 5.13. The van der Waals surface area contributed by atoms with Crippen molar-refractivity contribution in [2.75, 3.05) is 19.0 Å². The van der Waals surface area contributed by atoms with Crippen LogP contribution in [0.4, 0.5) is 10.1 Å². The fraction of sp³-hybridized carbons (Fsp3) is 0.458. The number of nitrogens with one attached hydrogen (secondary N) is 1. The fourth-order valence-corrected chi connectivity index (χ4v) is 4.08. The summed E-state index contributed by atoms with van der Waals surface area (Å²) in [4.78, 5) is 13.2. The van der Waals surface area contributed by atoms with Crippen LogP contribution in [-0.2, 0) is 14.9 Å². The van der Waals surface area contributed by atoms with Gasteiger partial charge in [0, 0.05) is 19.2 Å². The molecule has 0 heterocycles. The van der Waals surface area contributed by atoms with Crippen LogP contribution in [-0.4, -0.2) is 25.2 Å². The zero-order chi connectivity index (χ0) is 21.8. The standard InChI is InChI=1S/C24H29ClFNO3/c1-23(2,29-3)14-15-30-21-11-10-19(16-20(21)25)27-22(28)24(12-4-5-13-24)17-6-8-18(26)9-7-17/h6-11,16H,4-5,12-15H2,1-3H3,(H,27,28). The highest BCUT2D eigenvalue weighted by Crippen LogP contribution is 2.42. The molecule has 1 N–H and O–H groups in total. The highest BCUT2D eigenvalue weighted by Gasteiger charge is 2.42. The third-order valence-corrected chi connectivity index (χ3v) is 6.29. The minimum absolute atomic E-state index is 0.0850. The van der Waals surface area contributed by atoms with Crippen LogP contribution in [0.15, 0.2) is 42.5 Å². The van der Waals surface area contributed by atoms with E-state index < -0.39 is 5.41 Å². The van der Waals surface area contributed by atoms with Crippen molar-refractivity contribution in [3.63, 3.8) is 0 Å². The van der Waals surface area contributed by atoms with Crippen LogP contribution in [0.2, 0.25) is 5.02 Å². The van der Waals surface area contributed by atoms with Gasteiger partial charge in [0.15, 0.2) is 0 Å². The summed E-state index contributed by atoms with van der Waals surface area (Å²) >= 11 is 6.38. The maximum atomic E-state index is 13.4.